The molecule has 1 aliphatic rings. The second-order valence-electron chi connectivity index (χ2n) is 4.30. The van der Waals surface area contributed by atoms with Crippen LogP contribution in [0.1, 0.15) is 24.1 Å². The van der Waals surface area contributed by atoms with Gasteiger partial charge in [-0.05, 0) is 59.2 Å². The summed E-state index contributed by atoms with van der Waals surface area (Å²) in [5.74, 6) is 1.09. The number of nitrogens with one attached hydrogen (secondary N) is 1. The number of hydrogen-bond acceptors (Lipinski definition) is 3. The zero-order chi connectivity index (χ0) is 11.4. The molecular formula is C12H16BrNOS. The summed E-state index contributed by atoms with van der Waals surface area (Å²) < 4.78 is 1.08. The van der Waals surface area contributed by atoms with E-state index >= 15 is 0 Å². The molecule has 1 fully saturated rings. The van der Waals surface area contributed by atoms with E-state index in [4.69, 9.17) is 0 Å². The number of ketones is 1. The van der Waals surface area contributed by atoms with Crippen molar-refractivity contribution in [2.24, 2.45) is 5.92 Å². The zero-order valence-corrected chi connectivity index (χ0v) is 11.6. The molecule has 0 spiro atoms. The van der Waals surface area contributed by atoms with Crippen LogP contribution in [0.2, 0.25) is 0 Å². The third-order valence-corrected chi connectivity index (χ3v) is 4.97. The maximum absolute atomic E-state index is 11.8. The van der Waals surface area contributed by atoms with Crippen LogP contribution in [0, 0.1) is 5.92 Å². The van der Waals surface area contributed by atoms with Gasteiger partial charge in [0.25, 0.3) is 0 Å². The normalized spacial score (nSPS) is 20.2. The van der Waals surface area contributed by atoms with Crippen molar-refractivity contribution in [3.05, 3.63) is 20.8 Å². The highest BCUT2D eigenvalue weighted by atomic mass is 79.9. The van der Waals surface area contributed by atoms with Gasteiger partial charge in [-0.1, -0.05) is 0 Å². The summed E-state index contributed by atoms with van der Waals surface area (Å²) in [4.78, 5) is 12.9. The van der Waals surface area contributed by atoms with Crippen molar-refractivity contribution in [2.45, 2.75) is 25.7 Å². The number of carbonyl (C=O) groups excluding carboxylic acids is 1. The number of hydrogen-bond donors (Lipinski definition) is 1. The molecule has 4 heteroatoms. The van der Waals surface area contributed by atoms with E-state index in [1.807, 2.05) is 11.4 Å². The fraction of sp³-hybridized carbons (Fsp3) is 0.583. The number of Topliss-reactive ketones (excluding diaryl/α,β-unsaturated/α-hetero) is 1. The molecule has 0 amide bonds. The molecule has 2 heterocycles. The largest absolute Gasteiger partial charge is 0.316 e. The average Bonchev–Trinajstić information content (AvgIpc) is 2.88. The third kappa shape index (κ3) is 3.40. The molecule has 0 aliphatic carbocycles. The summed E-state index contributed by atoms with van der Waals surface area (Å²) in [6.45, 7) is 2.21. The van der Waals surface area contributed by atoms with Crippen molar-refractivity contribution in [3.63, 3.8) is 0 Å². The molecule has 16 heavy (non-hydrogen) atoms. The van der Waals surface area contributed by atoms with Gasteiger partial charge in [0.15, 0.2) is 0 Å². The van der Waals surface area contributed by atoms with Crippen molar-refractivity contribution in [1.82, 2.24) is 5.32 Å². The SMILES string of the molecule is O=C(CCC1CCNC1)Cc1sccc1Br. The van der Waals surface area contributed by atoms with E-state index < -0.39 is 0 Å². The van der Waals surface area contributed by atoms with Crippen LogP contribution in [0.25, 0.3) is 0 Å². The van der Waals surface area contributed by atoms with Crippen LogP contribution in [0.3, 0.4) is 0 Å². The number of carbonyl (C=O) groups is 1. The lowest BCUT2D eigenvalue weighted by Crippen LogP contribution is -2.11. The summed E-state index contributed by atoms with van der Waals surface area (Å²) in [6, 6.07) is 2.01. The Morgan fingerprint density at radius 1 is 1.62 bits per heavy atom. The number of halogens is 1. The summed E-state index contributed by atoms with van der Waals surface area (Å²) in [5, 5.41) is 5.36. The topological polar surface area (TPSA) is 29.1 Å². The zero-order valence-electron chi connectivity index (χ0n) is 9.17. The smallest absolute Gasteiger partial charge is 0.138 e. The van der Waals surface area contributed by atoms with Crippen LogP contribution in [-0.2, 0) is 11.2 Å². The fourth-order valence-electron chi connectivity index (χ4n) is 2.04. The average molecular weight is 302 g/mol. The summed E-state index contributed by atoms with van der Waals surface area (Å²) in [6.07, 6.45) is 3.61. The van der Waals surface area contributed by atoms with Gasteiger partial charge in [-0.25, -0.2) is 0 Å². The van der Waals surface area contributed by atoms with Gasteiger partial charge in [0.1, 0.15) is 5.78 Å². The van der Waals surface area contributed by atoms with Gasteiger partial charge in [-0.3, -0.25) is 4.79 Å². The Morgan fingerprint density at radius 3 is 3.12 bits per heavy atom. The van der Waals surface area contributed by atoms with Crippen LogP contribution in [-0.4, -0.2) is 18.9 Å². The van der Waals surface area contributed by atoms with Crippen molar-refractivity contribution >= 4 is 33.0 Å². The quantitative estimate of drug-likeness (QED) is 0.906. The fourth-order valence-corrected chi connectivity index (χ4v) is 3.57. The highest BCUT2D eigenvalue weighted by Crippen LogP contribution is 2.24. The molecule has 0 aromatic carbocycles. The van der Waals surface area contributed by atoms with Crippen molar-refractivity contribution in [3.8, 4) is 0 Å². The first-order valence-electron chi connectivity index (χ1n) is 5.70. The highest BCUT2D eigenvalue weighted by Gasteiger charge is 2.16. The van der Waals surface area contributed by atoms with Gasteiger partial charge in [0.05, 0.1) is 0 Å². The molecule has 1 unspecified atom stereocenters. The molecule has 0 radical (unpaired) electrons. The Morgan fingerprint density at radius 2 is 2.50 bits per heavy atom. The van der Waals surface area contributed by atoms with Gasteiger partial charge in [0.2, 0.25) is 0 Å². The number of rotatable bonds is 5. The highest BCUT2D eigenvalue weighted by molar-refractivity contribution is 9.10. The van der Waals surface area contributed by atoms with Crippen LogP contribution < -0.4 is 5.32 Å². The molecule has 0 saturated carbocycles. The molecular weight excluding hydrogens is 286 g/mol. The van der Waals surface area contributed by atoms with E-state index in [0.29, 0.717) is 12.2 Å². The Kier molecular flexibility index (Phi) is 4.55. The Bertz CT molecular complexity index is 358. The second kappa shape index (κ2) is 5.94. The van der Waals surface area contributed by atoms with E-state index in [2.05, 4.69) is 21.2 Å². The lowest BCUT2D eigenvalue weighted by molar-refractivity contribution is -0.118. The van der Waals surface area contributed by atoms with Crippen LogP contribution in [0.5, 0.6) is 0 Å². The van der Waals surface area contributed by atoms with Crippen LogP contribution >= 0.6 is 27.3 Å². The lowest BCUT2D eigenvalue weighted by atomic mass is 10.00. The molecule has 1 aromatic rings. The van der Waals surface area contributed by atoms with Gasteiger partial charge in [0, 0.05) is 22.2 Å². The van der Waals surface area contributed by atoms with E-state index in [1.165, 1.54) is 6.42 Å². The predicted molar refractivity (Wildman–Crippen MR) is 70.9 cm³/mol. The monoisotopic (exact) mass is 301 g/mol. The Balaban J connectivity index is 1.74. The standard InChI is InChI=1S/C12H16BrNOS/c13-11-4-6-16-12(11)7-10(15)2-1-9-3-5-14-8-9/h4,6,9,14H,1-3,5,7-8H2. The molecule has 1 saturated heterocycles. The first-order valence-corrected chi connectivity index (χ1v) is 7.37. The minimum Gasteiger partial charge on any atom is -0.316 e. The predicted octanol–water partition coefficient (Wildman–Crippen LogP) is 3.01. The minimum atomic E-state index is 0.370. The molecule has 1 atom stereocenters. The molecule has 1 aliphatic heterocycles. The van der Waals surface area contributed by atoms with Gasteiger partial charge >= 0.3 is 0 Å². The van der Waals surface area contributed by atoms with Gasteiger partial charge < -0.3 is 5.32 Å². The van der Waals surface area contributed by atoms with E-state index in [-0.39, 0.29) is 0 Å². The second-order valence-corrected chi connectivity index (χ2v) is 6.16. The van der Waals surface area contributed by atoms with Gasteiger partial charge in [-0.15, -0.1) is 11.3 Å². The Labute approximate surface area is 109 Å². The molecule has 0 bridgehead atoms. The van der Waals surface area contributed by atoms with E-state index in [1.54, 1.807) is 11.3 Å². The summed E-state index contributed by atoms with van der Waals surface area (Å²) >= 11 is 5.12. The maximum Gasteiger partial charge on any atom is 0.138 e. The molecule has 2 rings (SSSR count). The van der Waals surface area contributed by atoms with Crippen molar-refractivity contribution in [2.75, 3.05) is 13.1 Å². The van der Waals surface area contributed by atoms with E-state index in [9.17, 15) is 4.79 Å². The first kappa shape index (κ1) is 12.3. The number of thiophene rings is 1. The summed E-state index contributed by atoms with van der Waals surface area (Å²) in [7, 11) is 0. The molecule has 88 valence electrons. The van der Waals surface area contributed by atoms with E-state index in [0.717, 1.165) is 41.2 Å². The summed E-state index contributed by atoms with van der Waals surface area (Å²) in [5.41, 5.74) is 0. The molecule has 2 nitrogen and oxygen atoms in total. The van der Waals surface area contributed by atoms with Crippen molar-refractivity contribution in [1.29, 1.82) is 0 Å². The van der Waals surface area contributed by atoms with Gasteiger partial charge in [-0.2, -0.15) is 0 Å². The third-order valence-electron chi connectivity index (χ3n) is 3.04. The Hall–Kier alpha value is -0.190. The van der Waals surface area contributed by atoms with Crippen LogP contribution in [0.4, 0.5) is 0 Å². The van der Waals surface area contributed by atoms with Crippen LogP contribution in [0.15, 0.2) is 15.9 Å². The minimum absolute atomic E-state index is 0.370. The molecule has 1 aromatic heterocycles. The lowest BCUT2D eigenvalue weighted by Gasteiger charge is -2.06. The molecule has 1 N–H and O–H groups in total. The first-order chi connectivity index (χ1) is 7.75. The maximum atomic E-state index is 11.8. The van der Waals surface area contributed by atoms with Crippen molar-refractivity contribution < 1.29 is 4.79 Å².